The minimum Gasteiger partial charge on any atom is -0.342 e. The van der Waals surface area contributed by atoms with Gasteiger partial charge in [-0.15, -0.1) is 0 Å². The van der Waals surface area contributed by atoms with Crippen LogP contribution in [0, 0.1) is 19.8 Å². The van der Waals surface area contributed by atoms with Crippen molar-refractivity contribution in [3.05, 3.63) is 41.0 Å². The van der Waals surface area contributed by atoms with Crippen LogP contribution in [-0.2, 0) is 17.5 Å². The standard InChI is InChI=1S/C21H24F3N5O2/c1-12(11-29-9-4-13(2)26-29)20(30)28-7-5-15(6-8-28)17-10-16(21(22,23)24)18-14(3)27-31-19(18)25-17/h4,9-10,12,15H,5-8,11H2,1-3H3. The molecule has 4 heterocycles. The Labute approximate surface area is 177 Å². The van der Waals surface area contributed by atoms with Crippen molar-refractivity contribution in [2.24, 2.45) is 5.92 Å². The molecule has 0 bridgehead atoms. The van der Waals surface area contributed by atoms with Crippen molar-refractivity contribution in [3.63, 3.8) is 0 Å². The number of hydrogen-bond donors (Lipinski definition) is 0. The Morgan fingerprint density at radius 1 is 1.29 bits per heavy atom. The molecule has 1 aliphatic rings. The molecule has 3 aromatic rings. The number of amides is 1. The lowest BCUT2D eigenvalue weighted by atomic mass is 9.91. The zero-order chi connectivity index (χ0) is 22.3. The normalized spacial score (nSPS) is 16.8. The Hall–Kier alpha value is -2.91. The molecule has 1 amide bonds. The first kappa shape index (κ1) is 21.3. The molecule has 0 N–H and O–H groups in total. The molecular weight excluding hydrogens is 411 g/mol. The van der Waals surface area contributed by atoms with Crippen LogP contribution in [0.4, 0.5) is 13.2 Å². The van der Waals surface area contributed by atoms with Crippen molar-refractivity contribution in [1.29, 1.82) is 0 Å². The number of aromatic nitrogens is 4. The van der Waals surface area contributed by atoms with Gasteiger partial charge in [-0.2, -0.15) is 18.3 Å². The van der Waals surface area contributed by atoms with Crippen molar-refractivity contribution in [3.8, 4) is 0 Å². The van der Waals surface area contributed by atoms with Gasteiger partial charge in [-0.05, 0) is 38.8 Å². The predicted molar refractivity (Wildman–Crippen MR) is 106 cm³/mol. The van der Waals surface area contributed by atoms with Crippen LogP contribution < -0.4 is 0 Å². The van der Waals surface area contributed by atoms with Crippen molar-refractivity contribution >= 4 is 17.0 Å². The first-order valence-corrected chi connectivity index (χ1v) is 10.3. The molecule has 0 spiro atoms. The number of alkyl halides is 3. The van der Waals surface area contributed by atoms with Gasteiger partial charge in [0.1, 0.15) is 0 Å². The highest BCUT2D eigenvalue weighted by Gasteiger charge is 2.37. The molecule has 10 heteroatoms. The quantitative estimate of drug-likeness (QED) is 0.617. The fraction of sp³-hybridized carbons (Fsp3) is 0.524. The van der Waals surface area contributed by atoms with E-state index < -0.39 is 11.7 Å². The SMILES string of the molecule is Cc1ccn(CC(C)C(=O)N2CCC(c3cc(C(F)(F)F)c4c(C)noc4n3)CC2)n1. The third-order valence-electron chi connectivity index (χ3n) is 5.82. The first-order valence-electron chi connectivity index (χ1n) is 10.3. The van der Waals surface area contributed by atoms with Crippen LogP contribution in [0.2, 0.25) is 0 Å². The zero-order valence-corrected chi connectivity index (χ0v) is 17.6. The summed E-state index contributed by atoms with van der Waals surface area (Å²) in [4.78, 5) is 18.9. The molecule has 0 saturated carbocycles. The number of piperidine rings is 1. The van der Waals surface area contributed by atoms with E-state index in [-0.39, 0.29) is 34.5 Å². The van der Waals surface area contributed by atoms with E-state index in [1.807, 2.05) is 26.1 Å². The van der Waals surface area contributed by atoms with E-state index in [1.54, 1.807) is 9.58 Å². The van der Waals surface area contributed by atoms with Gasteiger partial charge in [0.05, 0.1) is 34.8 Å². The number of likely N-dealkylation sites (tertiary alicyclic amines) is 1. The van der Waals surface area contributed by atoms with E-state index in [0.29, 0.717) is 38.2 Å². The second-order valence-electron chi connectivity index (χ2n) is 8.22. The molecule has 0 aliphatic carbocycles. The Kier molecular flexibility index (Phi) is 5.49. The molecule has 1 atom stereocenters. The maximum Gasteiger partial charge on any atom is 0.417 e. The zero-order valence-electron chi connectivity index (χ0n) is 17.6. The highest BCUT2D eigenvalue weighted by Crippen LogP contribution is 2.38. The number of fused-ring (bicyclic) bond motifs is 1. The highest BCUT2D eigenvalue weighted by molar-refractivity contribution is 5.81. The Morgan fingerprint density at radius 3 is 2.61 bits per heavy atom. The van der Waals surface area contributed by atoms with Crippen molar-refractivity contribution in [2.45, 2.75) is 52.3 Å². The average Bonchev–Trinajstić information content (AvgIpc) is 3.31. The highest BCUT2D eigenvalue weighted by atomic mass is 19.4. The molecule has 1 aliphatic heterocycles. The number of carbonyl (C=O) groups is 1. The van der Waals surface area contributed by atoms with Crippen LogP contribution >= 0.6 is 0 Å². The van der Waals surface area contributed by atoms with Gasteiger partial charge < -0.3 is 9.42 Å². The summed E-state index contributed by atoms with van der Waals surface area (Å²) in [5.41, 5.74) is 0.535. The Balaban J connectivity index is 1.46. The number of halogens is 3. The van der Waals surface area contributed by atoms with E-state index in [9.17, 15) is 18.0 Å². The molecule has 7 nitrogen and oxygen atoms in total. The summed E-state index contributed by atoms with van der Waals surface area (Å²) in [6.07, 6.45) is -1.59. The topological polar surface area (TPSA) is 77.0 Å². The third kappa shape index (κ3) is 4.28. The van der Waals surface area contributed by atoms with Gasteiger partial charge in [-0.1, -0.05) is 12.1 Å². The van der Waals surface area contributed by atoms with Crippen molar-refractivity contribution in [2.75, 3.05) is 13.1 Å². The summed E-state index contributed by atoms with van der Waals surface area (Å²) in [6.45, 7) is 6.67. The minimum absolute atomic E-state index is 0.0249. The van der Waals surface area contributed by atoms with E-state index in [1.165, 1.54) is 6.92 Å². The summed E-state index contributed by atoms with van der Waals surface area (Å²) in [6, 6.07) is 3.00. The summed E-state index contributed by atoms with van der Waals surface area (Å²) in [5, 5.41) is 7.87. The first-order chi connectivity index (χ1) is 14.6. The van der Waals surface area contributed by atoms with Crippen LogP contribution in [0.3, 0.4) is 0 Å². The maximum atomic E-state index is 13.6. The second-order valence-corrected chi connectivity index (χ2v) is 8.22. The second kappa shape index (κ2) is 7.97. The summed E-state index contributed by atoms with van der Waals surface area (Å²) >= 11 is 0. The summed E-state index contributed by atoms with van der Waals surface area (Å²) in [7, 11) is 0. The number of aryl methyl sites for hydroxylation is 2. The molecule has 0 radical (unpaired) electrons. The summed E-state index contributed by atoms with van der Waals surface area (Å²) < 4.78 is 47.6. The summed E-state index contributed by atoms with van der Waals surface area (Å²) in [5.74, 6) is -0.389. The van der Waals surface area contributed by atoms with Gasteiger partial charge in [-0.3, -0.25) is 9.48 Å². The molecule has 1 fully saturated rings. The molecule has 31 heavy (non-hydrogen) atoms. The van der Waals surface area contributed by atoms with Gasteiger partial charge >= 0.3 is 6.18 Å². The van der Waals surface area contributed by atoms with Gasteiger partial charge in [0.2, 0.25) is 5.91 Å². The van der Waals surface area contributed by atoms with E-state index >= 15 is 0 Å². The maximum absolute atomic E-state index is 13.6. The molecule has 3 aromatic heterocycles. The lowest BCUT2D eigenvalue weighted by Gasteiger charge is -2.33. The van der Waals surface area contributed by atoms with Crippen LogP contribution in [0.1, 0.15) is 48.3 Å². The van der Waals surface area contributed by atoms with Gasteiger partial charge in [-0.25, -0.2) is 4.98 Å². The monoisotopic (exact) mass is 435 g/mol. The molecule has 4 rings (SSSR count). The molecule has 1 unspecified atom stereocenters. The Morgan fingerprint density at radius 2 is 2.00 bits per heavy atom. The van der Waals surface area contributed by atoms with E-state index in [2.05, 4.69) is 15.2 Å². The van der Waals surface area contributed by atoms with Crippen LogP contribution in [0.5, 0.6) is 0 Å². The third-order valence-corrected chi connectivity index (χ3v) is 5.82. The number of rotatable bonds is 4. The molecule has 1 saturated heterocycles. The predicted octanol–water partition coefficient (Wildman–Crippen LogP) is 4.10. The Bertz CT molecular complexity index is 1100. The fourth-order valence-corrected chi connectivity index (χ4v) is 4.18. The van der Waals surface area contributed by atoms with Crippen LogP contribution in [0.25, 0.3) is 11.1 Å². The van der Waals surface area contributed by atoms with E-state index in [0.717, 1.165) is 11.8 Å². The van der Waals surface area contributed by atoms with Gasteiger partial charge in [0.25, 0.3) is 5.71 Å². The van der Waals surface area contributed by atoms with Crippen molar-refractivity contribution in [1.82, 2.24) is 24.8 Å². The lowest BCUT2D eigenvalue weighted by molar-refractivity contribution is -0.136. The van der Waals surface area contributed by atoms with E-state index in [4.69, 9.17) is 4.52 Å². The smallest absolute Gasteiger partial charge is 0.342 e. The number of carbonyl (C=O) groups excluding carboxylic acids is 1. The number of pyridine rings is 1. The lowest BCUT2D eigenvalue weighted by Crippen LogP contribution is -2.41. The van der Waals surface area contributed by atoms with Gasteiger partial charge in [0, 0.05) is 30.9 Å². The molecule has 166 valence electrons. The van der Waals surface area contributed by atoms with Gasteiger partial charge in [0.15, 0.2) is 0 Å². The molecule has 0 aromatic carbocycles. The average molecular weight is 435 g/mol. The van der Waals surface area contributed by atoms with Crippen molar-refractivity contribution < 1.29 is 22.5 Å². The fourth-order valence-electron chi connectivity index (χ4n) is 4.18. The van der Waals surface area contributed by atoms with Crippen LogP contribution in [-0.4, -0.2) is 43.8 Å². The number of nitrogens with zero attached hydrogens (tertiary/aromatic N) is 5. The molecular formula is C21H24F3N5O2. The minimum atomic E-state index is -4.52. The largest absolute Gasteiger partial charge is 0.417 e. The van der Waals surface area contributed by atoms with Crippen LogP contribution in [0.15, 0.2) is 22.9 Å². The number of hydrogen-bond acceptors (Lipinski definition) is 5.